The van der Waals surface area contributed by atoms with Crippen LogP contribution in [0.25, 0.3) is 22.3 Å². The Balaban J connectivity index is -0.000000901. The van der Waals surface area contributed by atoms with Crippen LogP contribution < -0.4 is 39.0 Å². The second kappa shape index (κ2) is 27.6. The summed E-state index contributed by atoms with van der Waals surface area (Å²) in [5, 5.41) is 10.0. The molecule has 12 heteroatoms. The number of nitrogens with zero attached hydrogens (tertiary/aromatic N) is 2. The van der Waals surface area contributed by atoms with Crippen LogP contribution in [-0.4, -0.2) is 95.4 Å². The van der Waals surface area contributed by atoms with Gasteiger partial charge >= 0.3 is 29.6 Å². The Hall–Kier alpha value is -3.97. The molecule has 0 heterocycles. The number of aliphatic hydroxyl groups is 1. The summed E-state index contributed by atoms with van der Waals surface area (Å²) in [7, 11) is 3.03. The van der Waals surface area contributed by atoms with Crippen molar-refractivity contribution in [2.75, 3.05) is 54.0 Å². The van der Waals surface area contributed by atoms with E-state index in [4.69, 9.17) is 18.9 Å². The third-order valence-corrected chi connectivity index (χ3v) is 8.12. The van der Waals surface area contributed by atoms with Crippen molar-refractivity contribution in [1.82, 2.24) is 9.80 Å². The molecule has 0 aliphatic rings. The zero-order chi connectivity index (χ0) is 36.5. The second-order valence-electron chi connectivity index (χ2n) is 10.9. The topological polar surface area (TPSA) is 115 Å². The number of amides is 2. The first kappa shape index (κ1) is 52.1. The van der Waals surface area contributed by atoms with Crippen molar-refractivity contribution in [3.63, 3.8) is 0 Å². The average Bonchev–Trinajstić information content (AvgIpc) is 3.17. The van der Waals surface area contributed by atoms with E-state index in [0.29, 0.717) is 59.9 Å². The molecule has 4 aromatic rings. The third-order valence-electron chi connectivity index (χ3n) is 8.12. The van der Waals surface area contributed by atoms with Crippen LogP contribution in [0.3, 0.4) is 0 Å². The average molecular weight is 752 g/mol. The molecule has 0 unspecified atom stereocenters. The van der Waals surface area contributed by atoms with Gasteiger partial charge in [-0.15, -0.1) is 0 Å². The Morgan fingerprint density at radius 2 is 1.04 bits per heavy atom. The maximum Gasteiger partial charge on any atom is 1.00 e. The molecule has 0 spiro atoms. The first-order valence-corrected chi connectivity index (χ1v) is 16.7. The molecular weight excluding hydrogens is 694 g/mol. The first-order valence-electron chi connectivity index (χ1n) is 16.7. The van der Waals surface area contributed by atoms with Crippen molar-refractivity contribution in [2.45, 2.75) is 49.2 Å². The van der Waals surface area contributed by atoms with Gasteiger partial charge < -0.3 is 35.3 Å². The van der Waals surface area contributed by atoms with E-state index in [0.717, 1.165) is 23.0 Å². The number of aldehydes is 1. The third kappa shape index (κ3) is 13.1. The molecule has 10 nitrogen and oxygen atoms in total. The fourth-order valence-corrected chi connectivity index (χ4v) is 5.55. The fraction of sp³-hybridized carbons (Fsp3) is 0.357. The summed E-state index contributed by atoms with van der Waals surface area (Å²) in [4.78, 5) is 41.3. The van der Waals surface area contributed by atoms with Gasteiger partial charge in [0.05, 0.1) is 17.7 Å². The zero-order valence-electron chi connectivity index (χ0n) is 32.4. The first-order chi connectivity index (χ1) is 24.3. The zero-order valence-corrected chi connectivity index (χ0v) is 33.4. The van der Waals surface area contributed by atoms with Crippen LogP contribution in [0.1, 0.15) is 80.6 Å². The standard InChI is InChI=1S/C20H25NO4.C20H23NO4.2CH4.B.Na.H/c2*1-4-21(5-2)20(23)19-17(13-22)16(15-9-7-6-8-10-15)11-12-18(19)25-14-24-3;;;;;/h6-12,22H,4-5,13-14H2,1-3H3;6-13H,4-5,14H2,1-3H3;2*1H4;;;/q;;;;;+1;-1. The molecule has 0 saturated heterocycles. The largest absolute Gasteiger partial charge is 1.00 e. The number of methoxy groups -OCH3 is 2. The van der Waals surface area contributed by atoms with E-state index in [1.54, 1.807) is 28.0 Å². The maximum atomic E-state index is 13.0. The summed E-state index contributed by atoms with van der Waals surface area (Å²) < 4.78 is 21.1. The smallest absolute Gasteiger partial charge is 1.00 e. The molecule has 4 rings (SSSR count). The van der Waals surface area contributed by atoms with E-state index in [-0.39, 0.29) is 91.8 Å². The van der Waals surface area contributed by atoms with Crippen LogP contribution in [0, 0.1) is 0 Å². The van der Waals surface area contributed by atoms with E-state index >= 15 is 0 Å². The summed E-state index contributed by atoms with van der Waals surface area (Å²) in [6.45, 7) is 9.70. The molecule has 0 aromatic heterocycles. The molecule has 287 valence electrons. The van der Waals surface area contributed by atoms with Gasteiger partial charge in [-0.2, -0.15) is 0 Å². The predicted molar refractivity (Wildman–Crippen MR) is 215 cm³/mol. The molecule has 1 N–H and O–H groups in total. The molecule has 3 radical (unpaired) electrons. The van der Waals surface area contributed by atoms with Crippen molar-refractivity contribution < 1.29 is 69.4 Å². The number of aliphatic hydroxyl groups excluding tert-OH is 1. The molecule has 0 aliphatic heterocycles. The second-order valence-corrected chi connectivity index (χ2v) is 10.9. The number of hydrogen-bond donors (Lipinski definition) is 1. The number of benzene rings is 4. The number of ether oxygens (including phenoxy) is 4. The molecule has 4 aromatic carbocycles. The molecular formula is C42H57BN2NaO8. The number of hydrogen-bond acceptors (Lipinski definition) is 8. The summed E-state index contributed by atoms with van der Waals surface area (Å²) in [5.74, 6) is 0.386. The van der Waals surface area contributed by atoms with Crippen LogP contribution in [0.4, 0.5) is 0 Å². The SMILES string of the molecule is C.C.CCN(CC)C(=O)c1c(OCOC)ccc(-c2ccccc2)c1C=O.CCN(CC)C(=O)c1c(OCOC)ccc(-c2ccccc2)c1CO.[B].[H-].[Na+]. The number of rotatable bonds is 16. The Labute approximate surface area is 348 Å². The molecule has 2 amide bonds. The van der Waals surface area contributed by atoms with Crippen molar-refractivity contribution >= 4 is 26.5 Å². The summed E-state index contributed by atoms with van der Waals surface area (Å²) in [6.07, 6.45) is 0.721. The van der Waals surface area contributed by atoms with Crippen LogP contribution in [0.15, 0.2) is 84.9 Å². The normalized spacial score (nSPS) is 9.69. The van der Waals surface area contributed by atoms with Gasteiger partial charge in [0.25, 0.3) is 11.8 Å². The van der Waals surface area contributed by atoms with Crippen molar-refractivity contribution in [1.29, 1.82) is 0 Å². The molecule has 0 saturated carbocycles. The number of carbonyl (C=O) groups excluding carboxylic acids is 3. The van der Waals surface area contributed by atoms with Crippen LogP contribution in [0.2, 0.25) is 0 Å². The molecule has 54 heavy (non-hydrogen) atoms. The minimum atomic E-state index is -0.253. The van der Waals surface area contributed by atoms with Crippen molar-refractivity contribution in [3.05, 3.63) is 107 Å². The predicted octanol–water partition coefficient (Wildman–Crippen LogP) is 4.95. The van der Waals surface area contributed by atoms with Crippen molar-refractivity contribution in [3.8, 4) is 33.8 Å². The quantitative estimate of drug-likeness (QED) is 0.0973. The Bertz CT molecular complexity index is 1690. The summed E-state index contributed by atoms with van der Waals surface area (Å²) >= 11 is 0. The van der Waals surface area contributed by atoms with Gasteiger partial charge in [0, 0.05) is 59.9 Å². The summed E-state index contributed by atoms with van der Waals surface area (Å²) in [5.41, 5.74) is 4.91. The van der Waals surface area contributed by atoms with Crippen LogP contribution in [0.5, 0.6) is 11.5 Å². The van der Waals surface area contributed by atoms with Gasteiger partial charge in [-0.05, 0) is 68.1 Å². The monoisotopic (exact) mass is 751 g/mol. The van der Waals surface area contributed by atoms with Gasteiger partial charge in [0.1, 0.15) is 11.5 Å². The Kier molecular flexibility index (Phi) is 26.6. The molecule has 0 fully saturated rings. The van der Waals surface area contributed by atoms with E-state index in [9.17, 15) is 19.5 Å². The minimum Gasteiger partial charge on any atom is -1.00 e. The Morgan fingerprint density at radius 3 is 1.43 bits per heavy atom. The molecule has 0 atom stereocenters. The maximum absolute atomic E-state index is 13.0. The number of carbonyl (C=O) groups is 3. The van der Waals surface area contributed by atoms with Gasteiger partial charge in [-0.3, -0.25) is 14.4 Å². The van der Waals surface area contributed by atoms with Crippen molar-refractivity contribution in [2.24, 2.45) is 0 Å². The van der Waals surface area contributed by atoms with E-state index < -0.39 is 0 Å². The van der Waals surface area contributed by atoms with E-state index in [1.165, 1.54) is 14.2 Å². The van der Waals surface area contributed by atoms with E-state index in [2.05, 4.69) is 0 Å². The van der Waals surface area contributed by atoms with Gasteiger partial charge in [-0.25, -0.2) is 0 Å². The van der Waals surface area contributed by atoms with E-state index in [1.807, 2.05) is 94.4 Å². The minimum absolute atomic E-state index is 0. The van der Waals surface area contributed by atoms with Gasteiger partial charge in [0.2, 0.25) is 0 Å². The molecule has 0 bridgehead atoms. The fourth-order valence-electron chi connectivity index (χ4n) is 5.55. The Morgan fingerprint density at radius 1 is 0.648 bits per heavy atom. The van der Waals surface area contributed by atoms with Gasteiger partial charge in [0.15, 0.2) is 19.9 Å². The summed E-state index contributed by atoms with van der Waals surface area (Å²) in [6, 6.07) is 26.3. The van der Waals surface area contributed by atoms with Gasteiger partial charge in [-0.1, -0.05) is 81.6 Å². The molecule has 0 aliphatic carbocycles. The van der Waals surface area contributed by atoms with Crippen LogP contribution >= 0.6 is 0 Å². The van der Waals surface area contributed by atoms with Crippen LogP contribution in [-0.2, 0) is 16.1 Å².